The second-order valence-electron chi connectivity index (χ2n) is 7.33. The van der Waals surface area contributed by atoms with Gasteiger partial charge >= 0.3 is 12.1 Å². The molecule has 0 radical (unpaired) electrons. The zero-order chi connectivity index (χ0) is 20.2. The Balaban J connectivity index is 1.79. The molecule has 0 spiro atoms. The molecule has 0 aromatic carbocycles. The van der Waals surface area contributed by atoms with E-state index in [0.717, 1.165) is 0 Å². The average Bonchev–Trinajstić information content (AvgIpc) is 2.91. The molecule has 1 fully saturated rings. The number of nitrogens with one attached hydrogen (secondary N) is 2. The zero-order valence-electron chi connectivity index (χ0n) is 16.7. The van der Waals surface area contributed by atoms with Crippen molar-refractivity contribution in [1.29, 1.82) is 0 Å². The number of carbonyl (C=O) groups is 2. The number of nitrogens with zero attached hydrogens (tertiary/aromatic N) is 2. The molecule has 2 N–H and O–H groups in total. The normalized spacial score (nSPS) is 15.2. The van der Waals surface area contributed by atoms with Gasteiger partial charge < -0.3 is 29.4 Å². The lowest BCUT2D eigenvalue weighted by Gasteiger charge is -2.40. The molecule has 9 nitrogen and oxygen atoms in total. The maximum Gasteiger partial charge on any atom is 0.410 e. The third kappa shape index (κ3) is 5.63. The van der Waals surface area contributed by atoms with Crippen molar-refractivity contribution in [3.8, 4) is 0 Å². The van der Waals surface area contributed by atoms with Crippen molar-refractivity contribution < 1.29 is 23.5 Å². The maximum absolute atomic E-state index is 11.9. The fourth-order valence-corrected chi connectivity index (χ4v) is 2.55. The average molecular weight is 380 g/mol. The summed E-state index contributed by atoms with van der Waals surface area (Å²) in [5.74, 6) is 1.26. The van der Waals surface area contributed by atoms with Crippen molar-refractivity contribution in [3.05, 3.63) is 23.2 Å². The molecule has 9 heteroatoms. The lowest BCUT2D eigenvalue weighted by molar-refractivity contribution is 0.00699. The van der Waals surface area contributed by atoms with E-state index in [2.05, 4.69) is 15.6 Å². The van der Waals surface area contributed by atoms with E-state index in [1.165, 1.54) is 7.11 Å². The Kier molecular flexibility index (Phi) is 6.35. The number of carbonyl (C=O) groups excluding carboxylic acids is 2. The summed E-state index contributed by atoms with van der Waals surface area (Å²) in [6.45, 7) is 8.68. The van der Waals surface area contributed by atoms with Crippen molar-refractivity contribution in [2.24, 2.45) is 4.99 Å². The first-order valence-corrected chi connectivity index (χ1v) is 8.75. The molecule has 0 unspecified atom stereocenters. The first kappa shape index (κ1) is 20.6. The van der Waals surface area contributed by atoms with E-state index in [1.807, 2.05) is 20.8 Å². The number of amides is 1. The van der Waals surface area contributed by atoms with Crippen molar-refractivity contribution in [2.75, 3.05) is 27.2 Å². The quantitative estimate of drug-likeness (QED) is 0.465. The Bertz CT molecular complexity index is 714. The van der Waals surface area contributed by atoms with Gasteiger partial charge in [0.2, 0.25) is 0 Å². The lowest BCUT2D eigenvalue weighted by Crippen LogP contribution is -2.63. The Hall–Kier alpha value is -2.71. The summed E-state index contributed by atoms with van der Waals surface area (Å²) in [5.41, 5.74) is -0.0959. The van der Waals surface area contributed by atoms with Crippen LogP contribution in [0.2, 0.25) is 0 Å². The van der Waals surface area contributed by atoms with Crippen molar-refractivity contribution >= 4 is 18.0 Å². The summed E-state index contributed by atoms with van der Waals surface area (Å²) < 4.78 is 15.6. The third-order valence-electron chi connectivity index (χ3n) is 3.90. The van der Waals surface area contributed by atoms with Crippen LogP contribution in [0, 0.1) is 6.92 Å². The predicted octanol–water partition coefficient (Wildman–Crippen LogP) is 1.66. The van der Waals surface area contributed by atoms with Crippen molar-refractivity contribution in [2.45, 2.75) is 45.9 Å². The van der Waals surface area contributed by atoms with Gasteiger partial charge in [0.1, 0.15) is 22.7 Å². The second-order valence-corrected chi connectivity index (χ2v) is 7.33. The lowest BCUT2D eigenvalue weighted by atomic mass is 10.1. The second kappa shape index (κ2) is 8.32. The molecule has 27 heavy (non-hydrogen) atoms. The van der Waals surface area contributed by atoms with Crippen LogP contribution in [0.1, 0.15) is 42.6 Å². The minimum atomic E-state index is -0.503. The third-order valence-corrected chi connectivity index (χ3v) is 3.90. The number of rotatable bonds is 4. The summed E-state index contributed by atoms with van der Waals surface area (Å²) >= 11 is 0. The number of hydrogen-bond donors (Lipinski definition) is 2. The van der Waals surface area contributed by atoms with Crippen LogP contribution in [0.25, 0.3) is 0 Å². The highest BCUT2D eigenvalue weighted by Crippen LogP contribution is 2.16. The van der Waals surface area contributed by atoms with Gasteiger partial charge in [-0.05, 0) is 33.8 Å². The first-order chi connectivity index (χ1) is 12.6. The molecular formula is C18H28N4O5. The van der Waals surface area contributed by atoms with Gasteiger partial charge in [-0.15, -0.1) is 0 Å². The van der Waals surface area contributed by atoms with E-state index in [-0.39, 0.29) is 12.1 Å². The van der Waals surface area contributed by atoms with E-state index < -0.39 is 11.6 Å². The number of furan rings is 1. The molecule has 1 saturated heterocycles. The fraction of sp³-hybridized carbons (Fsp3) is 0.611. The number of ether oxygens (including phenoxy) is 2. The van der Waals surface area contributed by atoms with Crippen LogP contribution in [-0.2, 0) is 16.0 Å². The van der Waals surface area contributed by atoms with Crippen molar-refractivity contribution in [3.63, 3.8) is 0 Å². The van der Waals surface area contributed by atoms with E-state index in [0.29, 0.717) is 42.7 Å². The van der Waals surface area contributed by atoms with Crippen LogP contribution in [0.3, 0.4) is 0 Å². The maximum atomic E-state index is 11.9. The molecule has 1 aliphatic heterocycles. The molecule has 0 saturated carbocycles. The molecule has 1 aromatic rings. The van der Waals surface area contributed by atoms with Crippen molar-refractivity contribution in [1.82, 2.24) is 15.5 Å². The largest absolute Gasteiger partial charge is 0.465 e. The molecule has 0 atom stereocenters. The molecule has 2 rings (SSSR count). The predicted molar refractivity (Wildman–Crippen MR) is 99.7 cm³/mol. The SMILES string of the molecule is CN=C(NCc1cc(C(=O)OC)c(C)o1)NC1CN(C(=O)OC(C)(C)C)C1. The van der Waals surface area contributed by atoms with E-state index >= 15 is 0 Å². The topological polar surface area (TPSA) is 105 Å². The summed E-state index contributed by atoms with van der Waals surface area (Å²) in [4.78, 5) is 29.4. The van der Waals surface area contributed by atoms with Crippen LogP contribution >= 0.6 is 0 Å². The molecular weight excluding hydrogens is 352 g/mol. The Morgan fingerprint density at radius 2 is 2.04 bits per heavy atom. The minimum absolute atomic E-state index is 0.0904. The molecule has 150 valence electrons. The summed E-state index contributed by atoms with van der Waals surface area (Å²) in [6, 6.07) is 1.74. The highest BCUT2D eigenvalue weighted by Gasteiger charge is 2.34. The molecule has 1 aromatic heterocycles. The molecule has 0 bridgehead atoms. The number of aryl methyl sites for hydroxylation is 1. The van der Waals surface area contributed by atoms with Crippen LogP contribution in [0.4, 0.5) is 4.79 Å². The smallest absolute Gasteiger partial charge is 0.410 e. The number of guanidine groups is 1. The number of esters is 1. The summed E-state index contributed by atoms with van der Waals surface area (Å²) in [5, 5.41) is 6.36. The van der Waals surface area contributed by atoms with E-state index in [1.54, 1.807) is 24.9 Å². The van der Waals surface area contributed by atoms with E-state index in [9.17, 15) is 9.59 Å². The summed E-state index contributed by atoms with van der Waals surface area (Å²) in [7, 11) is 2.99. The fourth-order valence-electron chi connectivity index (χ4n) is 2.55. The highest BCUT2D eigenvalue weighted by molar-refractivity contribution is 5.90. The molecule has 1 aliphatic rings. The monoisotopic (exact) mass is 380 g/mol. The number of methoxy groups -OCH3 is 1. The van der Waals surface area contributed by atoms with Gasteiger partial charge in [0, 0.05) is 20.1 Å². The van der Waals surface area contributed by atoms with Gasteiger partial charge in [-0.3, -0.25) is 4.99 Å². The molecule has 2 heterocycles. The van der Waals surface area contributed by atoms with Gasteiger partial charge in [0.15, 0.2) is 5.96 Å². The highest BCUT2D eigenvalue weighted by atomic mass is 16.6. The van der Waals surface area contributed by atoms with Crippen LogP contribution in [-0.4, -0.2) is 61.8 Å². The first-order valence-electron chi connectivity index (χ1n) is 8.75. The molecule has 0 aliphatic carbocycles. The van der Waals surface area contributed by atoms with Gasteiger partial charge in [-0.2, -0.15) is 0 Å². The summed E-state index contributed by atoms with van der Waals surface area (Å²) in [6.07, 6.45) is -0.315. The van der Waals surface area contributed by atoms with Gasteiger partial charge in [-0.25, -0.2) is 9.59 Å². The Labute approximate surface area is 159 Å². The number of aliphatic imine (C=N–C) groups is 1. The zero-order valence-corrected chi connectivity index (χ0v) is 16.7. The Morgan fingerprint density at radius 1 is 1.37 bits per heavy atom. The van der Waals surface area contributed by atoms with Gasteiger partial charge in [0.05, 0.1) is 19.7 Å². The van der Waals surface area contributed by atoms with Crippen LogP contribution in [0.5, 0.6) is 0 Å². The van der Waals surface area contributed by atoms with Gasteiger partial charge in [0.25, 0.3) is 0 Å². The van der Waals surface area contributed by atoms with Crippen LogP contribution in [0.15, 0.2) is 15.5 Å². The Morgan fingerprint density at radius 3 is 2.59 bits per heavy atom. The van der Waals surface area contributed by atoms with Gasteiger partial charge in [-0.1, -0.05) is 0 Å². The number of hydrogen-bond acceptors (Lipinski definition) is 6. The standard InChI is InChI=1S/C18H28N4O5/c1-11-14(15(23)25-6)7-13(26-11)8-20-16(19-5)21-12-9-22(10-12)17(24)27-18(2,3)4/h7,12H,8-10H2,1-6H3,(H2,19,20,21). The minimum Gasteiger partial charge on any atom is -0.465 e. The van der Waals surface area contributed by atoms with E-state index in [4.69, 9.17) is 13.9 Å². The van der Waals surface area contributed by atoms with Crippen LogP contribution < -0.4 is 10.6 Å². The number of likely N-dealkylation sites (tertiary alicyclic amines) is 1. The molecule has 1 amide bonds.